The van der Waals surface area contributed by atoms with Crippen molar-refractivity contribution in [1.29, 1.82) is 0 Å². The Morgan fingerprint density at radius 3 is 1.86 bits per heavy atom. The number of ether oxygens (including phenoxy) is 1. The third kappa shape index (κ3) is 31.9. The Bertz CT molecular complexity index is 789. The van der Waals surface area contributed by atoms with E-state index >= 15 is 0 Å². The van der Waals surface area contributed by atoms with Crippen LogP contribution >= 0.6 is 7.82 Å². The van der Waals surface area contributed by atoms with Gasteiger partial charge in [-0.25, -0.2) is 4.57 Å². The van der Waals surface area contributed by atoms with E-state index in [1.807, 2.05) is 0 Å². The molecule has 0 bridgehead atoms. The fraction of sp³-hybridized carbons (Fsp3) is 0.824. The number of hydrogen-bond acceptors (Lipinski definition) is 7. The minimum Gasteiger partial charge on any atom is -0.463 e. The highest BCUT2D eigenvalue weighted by atomic mass is 31.2. The summed E-state index contributed by atoms with van der Waals surface area (Å²) in [6.45, 7) is 3.45. The fourth-order valence-corrected chi connectivity index (χ4v) is 5.22. The number of amides is 1. The number of phosphoric ester groups is 1. The Morgan fingerprint density at radius 2 is 1.23 bits per heavy atom. The second-order valence-electron chi connectivity index (χ2n) is 11.5. The lowest BCUT2D eigenvalue weighted by Gasteiger charge is -2.15. The van der Waals surface area contributed by atoms with Crippen LogP contribution in [-0.2, 0) is 27.9 Å². The zero-order valence-electron chi connectivity index (χ0n) is 27.9. The van der Waals surface area contributed by atoms with Crippen LogP contribution in [-0.4, -0.2) is 54.3 Å². The quantitative estimate of drug-likeness (QED) is 0.0287. The molecule has 0 saturated carbocycles. The zero-order chi connectivity index (χ0) is 32.6. The van der Waals surface area contributed by atoms with Gasteiger partial charge < -0.3 is 20.1 Å². The van der Waals surface area contributed by atoms with Crippen molar-refractivity contribution in [3.63, 3.8) is 0 Å². The van der Waals surface area contributed by atoms with E-state index in [9.17, 15) is 24.2 Å². The average Bonchev–Trinajstić information content (AvgIpc) is 3.00. The van der Waals surface area contributed by atoms with E-state index in [-0.39, 0.29) is 32.1 Å². The predicted octanol–water partition coefficient (Wildman–Crippen LogP) is 8.48. The molecule has 44 heavy (non-hydrogen) atoms. The molecule has 0 aliphatic rings. The molecule has 10 heteroatoms. The Balaban J connectivity index is 3.67. The second-order valence-corrected chi connectivity index (χ2v) is 12.9. The molecular formula is C34H64NO8P. The van der Waals surface area contributed by atoms with Crippen LogP contribution in [0.1, 0.15) is 149 Å². The molecule has 0 aliphatic heterocycles. The first kappa shape index (κ1) is 42.5. The Kier molecular flexibility index (Phi) is 30.4. The molecule has 0 radical (unpaired) electrons. The number of carbonyl (C=O) groups excluding carboxylic acids is 2. The summed E-state index contributed by atoms with van der Waals surface area (Å²) in [5.41, 5.74) is 0. The minimum absolute atomic E-state index is 0.0814. The van der Waals surface area contributed by atoms with Gasteiger partial charge in [0.2, 0.25) is 5.91 Å². The van der Waals surface area contributed by atoms with Gasteiger partial charge >= 0.3 is 13.8 Å². The highest BCUT2D eigenvalue weighted by Gasteiger charge is 2.23. The second kappa shape index (κ2) is 31.5. The van der Waals surface area contributed by atoms with E-state index in [2.05, 4.69) is 43.5 Å². The van der Waals surface area contributed by atoms with E-state index in [1.165, 1.54) is 57.8 Å². The maximum atomic E-state index is 12.0. The number of rotatable bonds is 32. The third-order valence-electron chi connectivity index (χ3n) is 7.13. The van der Waals surface area contributed by atoms with E-state index in [4.69, 9.17) is 13.8 Å². The van der Waals surface area contributed by atoms with Crippen molar-refractivity contribution < 1.29 is 37.9 Å². The molecule has 0 aromatic carbocycles. The van der Waals surface area contributed by atoms with Gasteiger partial charge in [0.25, 0.3) is 0 Å². The highest BCUT2D eigenvalue weighted by molar-refractivity contribution is 7.47. The van der Waals surface area contributed by atoms with Gasteiger partial charge in [-0.15, -0.1) is 0 Å². The molecule has 9 nitrogen and oxygen atoms in total. The highest BCUT2D eigenvalue weighted by Crippen LogP contribution is 2.42. The van der Waals surface area contributed by atoms with Crippen LogP contribution in [0.4, 0.5) is 0 Å². The van der Waals surface area contributed by atoms with Gasteiger partial charge in [-0.3, -0.25) is 18.6 Å². The van der Waals surface area contributed by atoms with Crippen LogP contribution in [0, 0.1) is 0 Å². The van der Waals surface area contributed by atoms with Crippen molar-refractivity contribution in [2.45, 2.75) is 155 Å². The Labute approximate surface area is 268 Å². The molecule has 0 heterocycles. The number of esters is 1. The molecule has 0 aromatic rings. The zero-order valence-corrected chi connectivity index (χ0v) is 28.7. The van der Waals surface area contributed by atoms with Crippen LogP contribution in [0.2, 0.25) is 0 Å². The van der Waals surface area contributed by atoms with Gasteiger partial charge in [0.05, 0.1) is 13.2 Å². The molecule has 1 amide bonds. The maximum absolute atomic E-state index is 12.0. The SMILES string of the molecule is CCCCC/C=C\C/C=C\CCCCCCCC(=O)OCC(O)COP(=O)(O)OCCNC(=O)CCCCCCCCCC. The van der Waals surface area contributed by atoms with Crippen molar-refractivity contribution in [2.24, 2.45) is 0 Å². The Morgan fingerprint density at radius 1 is 0.705 bits per heavy atom. The van der Waals surface area contributed by atoms with Crippen LogP contribution in [0.3, 0.4) is 0 Å². The molecule has 0 rings (SSSR count). The van der Waals surface area contributed by atoms with Crippen LogP contribution in [0.5, 0.6) is 0 Å². The van der Waals surface area contributed by atoms with Crippen molar-refractivity contribution in [3.05, 3.63) is 24.3 Å². The molecule has 0 aromatic heterocycles. The van der Waals surface area contributed by atoms with Crippen molar-refractivity contribution >= 4 is 19.7 Å². The molecule has 0 fully saturated rings. The first-order valence-electron chi connectivity index (χ1n) is 17.3. The summed E-state index contributed by atoms with van der Waals surface area (Å²) in [5.74, 6) is -0.536. The lowest BCUT2D eigenvalue weighted by molar-refractivity contribution is -0.147. The van der Waals surface area contributed by atoms with Crippen LogP contribution in [0.15, 0.2) is 24.3 Å². The summed E-state index contributed by atoms with van der Waals surface area (Å²) >= 11 is 0. The number of phosphoric acid groups is 1. The maximum Gasteiger partial charge on any atom is 0.472 e. The molecule has 2 unspecified atom stereocenters. The molecule has 2 atom stereocenters. The molecule has 0 spiro atoms. The molecule has 0 aliphatic carbocycles. The monoisotopic (exact) mass is 645 g/mol. The lowest BCUT2D eigenvalue weighted by atomic mass is 10.1. The standard InChI is InChI=1S/C34H64NO8P/c1-3-5-7-9-11-13-14-15-16-17-18-19-21-23-25-27-34(38)41-30-32(36)31-43-44(39,40)42-29-28-35-33(37)26-24-22-20-12-10-8-6-4-2/h11,13,15-16,32,36H,3-10,12,14,17-31H2,1-2H3,(H,35,37)(H,39,40)/b13-11-,16-15-. The number of hydrogen-bond donors (Lipinski definition) is 3. The molecular weight excluding hydrogens is 581 g/mol. The minimum atomic E-state index is -4.40. The number of allylic oxidation sites excluding steroid dienone is 4. The summed E-state index contributed by atoms with van der Waals surface area (Å²) in [7, 11) is -4.40. The number of carbonyl (C=O) groups is 2. The fourth-order valence-electron chi connectivity index (χ4n) is 4.47. The molecule has 0 saturated heterocycles. The predicted molar refractivity (Wildman–Crippen MR) is 178 cm³/mol. The van der Waals surface area contributed by atoms with Gasteiger partial charge in [0.1, 0.15) is 12.7 Å². The summed E-state index contributed by atoms with van der Waals surface area (Å²) in [6.07, 6.45) is 29.7. The smallest absolute Gasteiger partial charge is 0.463 e. The summed E-state index contributed by atoms with van der Waals surface area (Å²) in [4.78, 5) is 33.5. The summed E-state index contributed by atoms with van der Waals surface area (Å²) in [6, 6.07) is 0. The van der Waals surface area contributed by atoms with E-state index in [1.54, 1.807) is 0 Å². The van der Waals surface area contributed by atoms with E-state index in [0.29, 0.717) is 6.42 Å². The van der Waals surface area contributed by atoms with Gasteiger partial charge in [0, 0.05) is 19.4 Å². The number of unbranched alkanes of at least 4 members (excludes halogenated alkanes) is 15. The molecule has 3 N–H and O–H groups in total. The normalized spacial score (nSPS) is 13.8. The van der Waals surface area contributed by atoms with Crippen molar-refractivity contribution in [3.8, 4) is 0 Å². The van der Waals surface area contributed by atoms with Crippen molar-refractivity contribution in [1.82, 2.24) is 5.32 Å². The third-order valence-corrected chi connectivity index (χ3v) is 8.12. The largest absolute Gasteiger partial charge is 0.472 e. The number of aliphatic hydroxyl groups excluding tert-OH is 1. The van der Waals surface area contributed by atoms with Gasteiger partial charge in [-0.2, -0.15) is 0 Å². The van der Waals surface area contributed by atoms with Gasteiger partial charge in [-0.1, -0.05) is 115 Å². The van der Waals surface area contributed by atoms with Crippen molar-refractivity contribution in [2.75, 3.05) is 26.4 Å². The van der Waals surface area contributed by atoms with E-state index in [0.717, 1.165) is 64.2 Å². The first-order chi connectivity index (χ1) is 21.3. The summed E-state index contributed by atoms with van der Waals surface area (Å²) in [5, 5.41) is 12.6. The van der Waals surface area contributed by atoms with Gasteiger partial charge in [0.15, 0.2) is 0 Å². The topological polar surface area (TPSA) is 131 Å². The van der Waals surface area contributed by atoms with Crippen LogP contribution in [0.25, 0.3) is 0 Å². The first-order valence-corrected chi connectivity index (χ1v) is 18.8. The van der Waals surface area contributed by atoms with Crippen LogP contribution < -0.4 is 5.32 Å². The van der Waals surface area contributed by atoms with E-state index < -0.39 is 26.5 Å². The number of aliphatic hydroxyl groups is 1. The Hall–Kier alpha value is -1.51. The lowest BCUT2D eigenvalue weighted by Crippen LogP contribution is -2.27. The number of nitrogens with one attached hydrogen (secondary N) is 1. The summed E-state index contributed by atoms with van der Waals surface area (Å²) < 4.78 is 26.6. The average molecular weight is 646 g/mol. The molecule has 258 valence electrons. The van der Waals surface area contributed by atoms with Gasteiger partial charge in [-0.05, 0) is 44.9 Å².